The van der Waals surface area contributed by atoms with Crippen LogP contribution in [-0.2, 0) is 14.3 Å². The third-order valence-corrected chi connectivity index (χ3v) is 2.52. The maximum Gasteiger partial charge on any atom is 0.322 e. The Hall–Kier alpha value is -1.10. The molecule has 2 N–H and O–H groups in total. The molecular weight excluding hydrogens is 232 g/mol. The third-order valence-electron chi connectivity index (χ3n) is 2.52. The van der Waals surface area contributed by atoms with Gasteiger partial charge in [-0.1, -0.05) is 19.8 Å². The molecule has 1 atom stereocenters. The van der Waals surface area contributed by atoms with Crippen molar-refractivity contribution in [1.29, 1.82) is 0 Å². The Labute approximate surface area is 110 Å². The number of rotatable bonds is 9. The van der Waals surface area contributed by atoms with E-state index in [1.165, 1.54) is 7.11 Å². The van der Waals surface area contributed by atoms with Gasteiger partial charge in [0.25, 0.3) is 0 Å². The summed E-state index contributed by atoms with van der Waals surface area (Å²) in [5.74, 6) is -0.260. The summed E-state index contributed by atoms with van der Waals surface area (Å²) in [5.41, 5.74) is 0. The smallest absolute Gasteiger partial charge is 0.322 e. The Morgan fingerprint density at radius 1 is 1.28 bits per heavy atom. The number of carbonyl (C=O) groups excluding carboxylic acids is 2. The SMILES string of the molecule is CCCCC(NCCC(=O)NC(C)C)C(=O)OC. The van der Waals surface area contributed by atoms with Gasteiger partial charge in [0.2, 0.25) is 5.91 Å². The first-order valence-electron chi connectivity index (χ1n) is 6.61. The lowest BCUT2D eigenvalue weighted by atomic mass is 10.1. The largest absolute Gasteiger partial charge is 0.468 e. The van der Waals surface area contributed by atoms with E-state index >= 15 is 0 Å². The fourth-order valence-corrected chi connectivity index (χ4v) is 1.61. The van der Waals surface area contributed by atoms with E-state index in [1.54, 1.807) is 0 Å². The molecule has 0 aliphatic heterocycles. The summed E-state index contributed by atoms with van der Waals surface area (Å²) in [6, 6.07) is -0.157. The van der Waals surface area contributed by atoms with E-state index in [0.29, 0.717) is 13.0 Å². The summed E-state index contributed by atoms with van der Waals surface area (Å²) in [6.07, 6.45) is 3.11. The highest BCUT2D eigenvalue weighted by molar-refractivity contribution is 5.77. The van der Waals surface area contributed by atoms with E-state index in [1.807, 2.05) is 13.8 Å². The van der Waals surface area contributed by atoms with Crippen molar-refractivity contribution in [3.8, 4) is 0 Å². The molecule has 0 saturated carbocycles. The normalized spacial score (nSPS) is 12.3. The molecule has 0 aromatic heterocycles. The number of hydrogen-bond acceptors (Lipinski definition) is 4. The van der Waals surface area contributed by atoms with Crippen molar-refractivity contribution in [2.45, 2.75) is 58.5 Å². The number of unbranched alkanes of at least 4 members (excludes halogenated alkanes) is 1. The van der Waals surface area contributed by atoms with Crippen LogP contribution in [0.3, 0.4) is 0 Å². The molecule has 0 aliphatic carbocycles. The van der Waals surface area contributed by atoms with Gasteiger partial charge in [0, 0.05) is 19.0 Å². The molecule has 18 heavy (non-hydrogen) atoms. The van der Waals surface area contributed by atoms with Gasteiger partial charge in [0.05, 0.1) is 7.11 Å². The topological polar surface area (TPSA) is 67.4 Å². The number of esters is 1. The molecule has 0 bridgehead atoms. The van der Waals surface area contributed by atoms with Crippen molar-refractivity contribution >= 4 is 11.9 Å². The van der Waals surface area contributed by atoms with Crippen LogP contribution < -0.4 is 10.6 Å². The monoisotopic (exact) mass is 258 g/mol. The van der Waals surface area contributed by atoms with Crippen LogP contribution in [0.4, 0.5) is 0 Å². The molecule has 0 aromatic carbocycles. The average molecular weight is 258 g/mol. The molecule has 1 unspecified atom stereocenters. The van der Waals surface area contributed by atoms with Crippen molar-refractivity contribution in [3.05, 3.63) is 0 Å². The third kappa shape index (κ3) is 8.06. The summed E-state index contributed by atoms with van der Waals surface area (Å²) in [7, 11) is 1.38. The Balaban J connectivity index is 3.95. The predicted octanol–water partition coefficient (Wildman–Crippen LogP) is 1.22. The van der Waals surface area contributed by atoms with Gasteiger partial charge in [-0.2, -0.15) is 0 Å². The minimum absolute atomic E-state index is 0.00314. The highest BCUT2D eigenvalue weighted by Gasteiger charge is 2.17. The highest BCUT2D eigenvalue weighted by Crippen LogP contribution is 2.02. The van der Waals surface area contributed by atoms with Crippen LogP contribution in [0, 0.1) is 0 Å². The van der Waals surface area contributed by atoms with Crippen molar-refractivity contribution in [2.75, 3.05) is 13.7 Å². The lowest BCUT2D eigenvalue weighted by Gasteiger charge is -2.16. The molecule has 0 saturated heterocycles. The van der Waals surface area contributed by atoms with Crippen molar-refractivity contribution in [2.24, 2.45) is 0 Å². The molecule has 0 aromatic rings. The van der Waals surface area contributed by atoms with Gasteiger partial charge in [0.15, 0.2) is 0 Å². The van der Waals surface area contributed by atoms with E-state index in [0.717, 1.165) is 19.3 Å². The molecule has 5 heteroatoms. The van der Waals surface area contributed by atoms with Crippen LogP contribution in [0.25, 0.3) is 0 Å². The second-order valence-corrected chi connectivity index (χ2v) is 4.64. The summed E-state index contributed by atoms with van der Waals surface area (Å²) < 4.78 is 4.73. The van der Waals surface area contributed by atoms with E-state index in [2.05, 4.69) is 17.6 Å². The van der Waals surface area contributed by atoms with Gasteiger partial charge in [-0.15, -0.1) is 0 Å². The quantitative estimate of drug-likeness (QED) is 0.610. The average Bonchev–Trinajstić information content (AvgIpc) is 2.31. The maximum absolute atomic E-state index is 11.5. The molecule has 0 heterocycles. The number of carbonyl (C=O) groups is 2. The van der Waals surface area contributed by atoms with Crippen LogP contribution in [-0.4, -0.2) is 37.6 Å². The second-order valence-electron chi connectivity index (χ2n) is 4.64. The lowest BCUT2D eigenvalue weighted by Crippen LogP contribution is -2.40. The number of nitrogens with one attached hydrogen (secondary N) is 2. The summed E-state index contributed by atoms with van der Waals surface area (Å²) >= 11 is 0. The molecule has 1 amide bonds. The fraction of sp³-hybridized carbons (Fsp3) is 0.846. The first kappa shape index (κ1) is 16.9. The van der Waals surface area contributed by atoms with Gasteiger partial charge in [-0.05, 0) is 20.3 Å². The standard InChI is InChI=1S/C13H26N2O3/c1-5-6-7-11(13(17)18-4)14-9-8-12(16)15-10(2)3/h10-11,14H,5-9H2,1-4H3,(H,15,16). The molecule has 0 rings (SSSR count). The van der Waals surface area contributed by atoms with Crippen LogP contribution >= 0.6 is 0 Å². The van der Waals surface area contributed by atoms with Crippen LogP contribution in [0.2, 0.25) is 0 Å². The number of amides is 1. The van der Waals surface area contributed by atoms with E-state index in [-0.39, 0.29) is 24.0 Å². The van der Waals surface area contributed by atoms with Gasteiger partial charge in [0.1, 0.15) is 6.04 Å². The molecule has 5 nitrogen and oxygen atoms in total. The molecule has 106 valence electrons. The van der Waals surface area contributed by atoms with E-state index in [4.69, 9.17) is 4.74 Å². The molecule has 0 spiro atoms. The Morgan fingerprint density at radius 2 is 1.94 bits per heavy atom. The number of methoxy groups -OCH3 is 1. The van der Waals surface area contributed by atoms with Crippen LogP contribution in [0.1, 0.15) is 46.5 Å². The van der Waals surface area contributed by atoms with Crippen molar-refractivity contribution < 1.29 is 14.3 Å². The van der Waals surface area contributed by atoms with E-state index < -0.39 is 0 Å². The second kappa shape index (κ2) is 9.88. The Kier molecular flexibility index (Phi) is 9.28. The van der Waals surface area contributed by atoms with Gasteiger partial charge in [-0.25, -0.2) is 0 Å². The van der Waals surface area contributed by atoms with Crippen LogP contribution in [0.15, 0.2) is 0 Å². The molecular formula is C13H26N2O3. The predicted molar refractivity (Wildman–Crippen MR) is 71.2 cm³/mol. The zero-order valence-corrected chi connectivity index (χ0v) is 11.9. The Bertz CT molecular complexity index is 255. The number of ether oxygens (including phenoxy) is 1. The van der Waals surface area contributed by atoms with Gasteiger partial charge >= 0.3 is 5.97 Å². The zero-order chi connectivity index (χ0) is 14.0. The highest BCUT2D eigenvalue weighted by atomic mass is 16.5. The van der Waals surface area contributed by atoms with E-state index in [9.17, 15) is 9.59 Å². The minimum atomic E-state index is -0.304. The Morgan fingerprint density at radius 3 is 2.44 bits per heavy atom. The number of hydrogen-bond donors (Lipinski definition) is 2. The zero-order valence-electron chi connectivity index (χ0n) is 11.9. The summed E-state index contributed by atoms with van der Waals surface area (Å²) in [6.45, 7) is 6.40. The lowest BCUT2D eigenvalue weighted by molar-refractivity contribution is -0.143. The van der Waals surface area contributed by atoms with Gasteiger partial charge in [-0.3, -0.25) is 9.59 Å². The molecule has 0 aliphatic rings. The molecule has 0 fully saturated rings. The minimum Gasteiger partial charge on any atom is -0.468 e. The summed E-state index contributed by atoms with van der Waals surface area (Å²) in [5, 5.41) is 5.88. The fourth-order valence-electron chi connectivity index (χ4n) is 1.61. The summed E-state index contributed by atoms with van der Waals surface area (Å²) in [4.78, 5) is 22.9. The van der Waals surface area contributed by atoms with Crippen LogP contribution in [0.5, 0.6) is 0 Å². The van der Waals surface area contributed by atoms with Crippen molar-refractivity contribution in [3.63, 3.8) is 0 Å². The maximum atomic E-state index is 11.5. The van der Waals surface area contributed by atoms with Gasteiger partial charge < -0.3 is 15.4 Å². The molecule has 0 radical (unpaired) electrons. The van der Waals surface area contributed by atoms with Crippen molar-refractivity contribution in [1.82, 2.24) is 10.6 Å². The first-order chi connectivity index (χ1) is 8.51. The first-order valence-corrected chi connectivity index (χ1v) is 6.61.